The Morgan fingerprint density at radius 2 is 1.89 bits per heavy atom. The van der Waals surface area contributed by atoms with E-state index in [1.54, 1.807) is 11.9 Å². The van der Waals surface area contributed by atoms with Crippen LogP contribution in [0, 0.1) is 11.8 Å². The maximum Gasteiger partial charge on any atom is 0.224 e. The Labute approximate surface area is 216 Å². The van der Waals surface area contributed by atoms with Crippen LogP contribution in [0.4, 0.5) is 0 Å². The zero-order valence-electron chi connectivity index (χ0n) is 22.9. The van der Waals surface area contributed by atoms with E-state index in [1.807, 2.05) is 13.8 Å². The van der Waals surface area contributed by atoms with Crippen LogP contribution in [0.3, 0.4) is 0 Å². The summed E-state index contributed by atoms with van der Waals surface area (Å²) in [7, 11) is 0. The van der Waals surface area contributed by atoms with Gasteiger partial charge in [0.15, 0.2) is 0 Å². The second-order valence-corrected chi connectivity index (χ2v) is 12.5. The number of nitrogens with one attached hydrogen (secondary N) is 1. The van der Waals surface area contributed by atoms with Gasteiger partial charge >= 0.3 is 0 Å². The number of aromatic nitrogens is 2. The SMILES string of the molecule is CC(C)NC(=O)C1CCN(Sc2ccc3c(c2)nc(C(C)(C)C)n3CC2CCOCC2)C1.CCC. The summed E-state index contributed by atoms with van der Waals surface area (Å²) in [6, 6.07) is 6.86. The molecule has 1 amide bonds. The fraction of sp³-hybridized carbons (Fsp3) is 0.714. The van der Waals surface area contributed by atoms with Gasteiger partial charge in [0, 0.05) is 49.2 Å². The Kier molecular flexibility index (Phi) is 10.1. The first-order chi connectivity index (χ1) is 16.6. The number of fused-ring (bicyclic) bond motifs is 1. The van der Waals surface area contributed by atoms with Crippen LogP contribution < -0.4 is 5.32 Å². The third kappa shape index (κ3) is 7.70. The smallest absolute Gasteiger partial charge is 0.224 e. The molecule has 0 radical (unpaired) electrons. The van der Waals surface area contributed by atoms with Gasteiger partial charge < -0.3 is 14.6 Å². The monoisotopic (exact) mass is 502 g/mol. The van der Waals surface area contributed by atoms with E-state index >= 15 is 0 Å². The fourth-order valence-electron chi connectivity index (χ4n) is 4.69. The molecule has 196 valence electrons. The standard InChI is InChI=1S/C25H38N4O2S.C3H8/c1-17(2)26-23(30)19-8-11-28(16-19)32-20-6-7-22-21(14-20)27-24(25(3,4)5)29(22)15-18-9-12-31-13-10-18;1-3-2/h6-7,14,17-19H,8-13,15-16H2,1-5H3,(H,26,30);3H2,1-2H3. The third-order valence-corrected chi connectivity index (χ3v) is 7.41. The number of rotatable bonds is 6. The number of benzene rings is 1. The van der Waals surface area contributed by atoms with Crippen LogP contribution in [0.5, 0.6) is 0 Å². The van der Waals surface area contributed by atoms with Gasteiger partial charge in [-0.1, -0.05) is 41.0 Å². The number of nitrogens with zero attached hydrogens (tertiary/aromatic N) is 3. The summed E-state index contributed by atoms with van der Waals surface area (Å²) in [6.07, 6.45) is 4.41. The molecule has 2 aliphatic heterocycles. The molecular weight excluding hydrogens is 456 g/mol. The quantitative estimate of drug-likeness (QED) is 0.489. The number of amides is 1. The van der Waals surface area contributed by atoms with Crippen molar-refractivity contribution in [3.63, 3.8) is 0 Å². The van der Waals surface area contributed by atoms with Crippen LogP contribution in [0.25, 0.3) is 11.0 Å². The van der Waals surface area contributed by atoms with Gasteiger partial charge in [0.05, 0.1) is 17.0 Å². The Morgan fingerprint density at radius 3 is 2.51 bits per heavy atom. The highest BCUT2D eigenvalue weighted by atomic mass is 32.2. The molecule has 35 heavy (non-hydrogen) atoms. The maximum absolute atomic E-state index is 12.4. The maximum atomic E-state index is 12.4. The topological polar surface area (TPSA) is 59.4 Å². The molecule has 1 atom stereocenters. The highest BCUT2D eigenvalue weighted by molar-refractivity contribution is 7.97. The van der Waals surface area contributed by atoms with Crippen molar-refractivity contribution < 1.29 is 9.53 Å². The number of imidazole rings is 1. The molecule has 2 saturated heterocycles. The van der Waals surface area contributed by atoms with Crippen molar-refractivity contribution in [2.45, 2.75) is 97.0 Å². The summed E-state index contributed by atoms with van der Waals surface area (Å²) < 4.78 is 10.3. The van der Waals surface area contributed by atoms with Gasteiger partial charge in [-0.2, -0.15) is 0 Å². The molecular formula is C28H46N4O2S. The molecule has 0 spiro atoms. The molecule has 3 heterocycles. The van der Waals surface area contributed by atoms with Gasteiger partial charge in [-0.25, -0.2) is 9.29 Å². The van der Waals surface area contributed by atoms with Crippen LogP contribution in [0.1, 0.15) is 80.0 Å². The van der Waals surface area contributed by atoms with Crippen LogP contribution in [-0.4, -0.2) is 52.1 Å². The second kappa shape index (κ2) is 12.6. The molecule has 7 heteroatoms. The number of hydrogen-bond donors (Lipinski definition) is 1. The zero-order chi connectivity index (χ0) is 25.6. The molecule has 1 N–H and O–H groups in total. The summed E-state index contributed by atoms with van der Waals surface area (Å²) in [4.78, 5) is 18.6. The molecule has 6 nitrogen and oxygen atoms in total. The highest BCUT2D eigenvalue weighted by Crippen LogP contribution is 2.34. The van der Waals surface area contributed by atoms with Crippen molar-refractivity contribution in [1.29, 1.82) is 0 Å². The summed E-state index contributed by atoms with van der Waals surface area (Å²) in [6.45, 7) is 19.5. The van der Waals surface area contributed by atoms with Crippen LogP contribution in [0.2, 0.25) is 0 Å². The first-order valence-electron chi connectivity index (χ1n) is 13.4. The first-order valence-corrected chi connectivity index (χ1v) is 14.2. The third-order valence-electron chi connectivity index (χ3n) is 6.36. The van der Waals surface area contributed by atoms with Crippen molar-refractivity contribution >= 4 is 28.9 Å². The van der Waals surface area contributed by atoms with E-state index in [0.29, 0.717) is 5.92 Å². The lowest BCUT2D eigenvalue weighted by atomic mass is 9.94. The van der Waals surface area contributed by atoms with Gasteiger partial charge in [0.1, 0.15) is 5.82 Å². The second-order valence-electron chi connectivity index (χ2n) is 11.3. The summed E-state index contributed by atoms with van der Waals surface area (Å²) in [5.74, 6) is 2.07. The minimum atomic E-state index is -0.0105. The molecule has 0 saturated carbocycles. The minimum Gasteiger partial charge on any atom is -0.381 e. The Hall–Kier alpha value is -1.57. The van der Waals surface area contributed by atoms with Gasteiger partial charge in [-0.05, 0) is 69.2 Å². The summed E-state index contributed by atoms with van der Waals surface area (Å²) >= 11 is 1.75. The molecule has 1 unspecified atom stereocenters. The largest absolute Gasteiger partial charge is 0.381 e. The van der Waals surface area contributed by atoms with Crippen LogP contribution in [-0.2, 0) is 21.5 Å². The van der Waals surface area contributed by atoms with E-state index in [0.717, 1.165) is 63.5 Å². The Morgan fingerprint density at radius 1 is 1.20 bits per heavy atom. The minimum absolute atomic E-state index is 0.0105. The number of carbonyl (C=O) groups is 1. The lowest BCUT2D eigenvalue weighted by Crippen LogP contribution is -2.36. The van der Waals surface area contributed by atoms with Crippen molar-refractivity contribution in [2.24, 2.45) is 11.8 Å². The van der Waals surface area contributed by atoms with Crippen molar-refractivity contribution in [1.82, 2.24) is 19.2 Å². The van der Waals surface area contributed by atoms with E-state index in [4.69, 9.17) is 9.72 Å². The number of hydrogen-bond acceptors (Lipinski definition) is 5. The van der Waals surface area contributed by atoms with Gasteiger partial charge in [0.2, 0.25) is 5.91 Å². The Balaban J connectivity index is 0.00000108. The van der Waals surface area contributed by atoms with E-state index < -0.39 is 0 Å². The van der Waals surface area contributed by atoms with Crippen molar-refractivity contribution in [2.75, 3.05) is 26.3 Å². The van der Waals surface area contributed by atoms with E-state index in [1.165, 1.54) is 16.8 Å². The normalized spacial score (nSPS) is 19.7. The van der Waals surface area contributed by atoms with Gasteiger partial charge in [-0.3, -0.25) is 4.79 Å². The van der Waals surface area contributed by atoms with Gasteiger partial charge in [0.25, 0.3) is 0 Å². The molecule has 0 bridgehead atoms. The van der Waals surface area contributed by atoms with Crippen LogP contribution >= 0.6 is 11.9 Å². The molecule has 2 aromatic rings. The first kappa shape index (κ1) is 28.0. The summed E-state index contributed by atoms with van der Waals surface area (Å²) in [5.41, 5.74) is 2.28. The van der Waals surface area contributed by atoms with E-state index in [-0.39, 0.29) is 23.3 Å². The lowest BCUT2D eigenvalue weighted by Gasteiger charge is -2.26. The number of carbonyl (C=O) groups excluding carboxylic acids is 1. The Bertz CT molecular complexity index is 960. The van der Waals surface area contributed by atoms with Crippen LogP contribution in [0.15, 0.2) is 23.1 Å². The number of ether oxygens (including phenoxy) is 1. The average Bonchev–Trinajstić information content (AvgIpc) is 3.39. The summed E-state index contributed by atoms with van der Waals surface area (Å²) in [5, 5.41) is 3.05. The highest BCUT2D eigenvalue weighted by Gasteiger charge is 2.30. The zero-order valence-corrected chi connectivity index (χ0v) is 23.7. The van der Waals surface area contributed by atoms with Crippen molar-refractivity contribution in [3.05, 3.63) is 24.0 Å². The van der Waals surface area contributed by atoms with E-state index in [2.05, 4.69) is 67.0 Å². The molecule has 0 aliphatic carbocycles. The van der Waals surface area contributed by atoms with Gasteiger partial charge in [-0.15, -0.1) is 0 Å². The fourth-order valence-corrected chi connectivity index (χ4v) is 5.73. The predicted molar refractivity (Wildman–Crippen MR) is 147 cm³/mol. The molecule has 2 fully saturated rings. The molecule has 1 aromatic heterocycles. The predicted octanol–water partition coefficient (Wildman–Crippen LogP) is 6.03. The molecule has 4 rings (SSSR count). The van der Waals surface area contributed by atoms with Crippen molar-refractivity contribution in [3.8, 4) is 0 Å². The molecule has 2 aliphatic rings. The van der Waals surface area contributed by atoms with E-state index in [9.17, 15) is 4.79 Å². The average molecular weight is 503 g/mol. The lowest BCUT2D eigenvalue weighted by molar-refractivity contribution is -0.125. The molecule has 1 aromatic carbocycles.